The predicted octanol–water partition coefficient (Wildman–Crippen LogP) is 4.28. The number of hydrogen-bond donors (Lipinski definition) is 3. The van der Waals surface area contributed by atoms with Gasteiger partial charge in [-0.3, -0.25) is 0 Å². The van der Waals surface area contributed by atoms with Gasteiger partial charge in [0.05, 0.1) is 23.8 Å². The number of hydrogen-bond acceptors (Lipinski definition) is 4. The first-order chi connectivity index (χ1) is 13.8. The van der Waals surface area contributed by atoms with Gasteiger partial charge in [-0.15, -0.1) is 0 Å². The largest absolute Gasteiger partial charge is 0.356 e. The molecule has 0 saturated carbocycles. The van der Waals surface area contributed by atoms with E-state index in [1.807, 2.05) is 4.90 Å². The third-order valence-corrected chi connectivity index (χ3v) is 4.91. The van der Waals surface area contributed by atoms with Gasteiger partial charge in [0.25, 0.3) is 5.92 Å². The fourth-order valence-corrected chi connectivity index (χ4v) is 3.27. The number of aryl methyl sites for hydroxylation is 1. The number of nitrogens with one attached hydrogen (secondary N) is 3. The van der Waals surface area contributed by atoms with E-state index in [0.29, 0.717) is 28.2 Å². The highest BCUT2D eigenvalue weighted by atomic mass is 19.3. The zero-order chi connectivity index (χ0) is 20.6. The summed E-state index contributed by atoms with van der Waals surface area (Å²) in [6, 6.07) is 2.51. The maximum atomic E-state index is 13.4. The topological polar surface area (TPSA) is 85.9 Å². The molecule has 0 aromatic carbocycles. The summed E-state index contributed by atoms with van der Waals surface area (Å²) < 4.78 is 40.1. The summed E-state index contributed by atoms with van der Waals surface area (Å²) in [6.45, 7) is 2.26. The molecule has 1 aliphatic heterocycles. The lowest BCUT2D eigenvalue weighted by Crippen LogP contribution is -2.39. The smallest absolute Gasteiger partial charge is 0.323 e. The highest BCUT2D eigenvalue weighted by Gasteiger charge is 2.34. The lowest BCUT2D eigenvalue weighted by molar-refractivity contribution is -0.0221. The van der Waals surface area contributed by atoms with Crippen LogP contribution in [0.1, 0.15) is 18.4 Å². The van der Waals surface area contributed by atoms with Crippen LogP contribution in [0.4, 0.5) is 35.2 Å². The zero-order valence-corrected chi connectivity index (χ0v) is 15.6. The third kappa shape index (κ3) is 4.10. The summed E-state index contributed by atoms with van der Waals surface area (Å²) in [6.07, 6.45) is 3.71. The maximum Gasteiger partial charge on any atom is 0.323 e. The number of H-pyrrole nitrogens is 1. The second-order valence-electron chi connectivity index (χ2n) is 7.03. The second-order valence-corrected chi connectivity index (χ2v) is 7.03. The average molecular weight is 404 g/mol. The van der Waals surface area contributed by atoms with Crippen LogP contribution in [0.2, 0.25) is 0 Å². The van der Waals surface area contributed by atoms with Crippen molar-refractivity contribution >= 4 is 34.3 Å². The molecule has 4 heterocycles. The van der Waals surface area contributed by atoms with Gasteiger partial charge >= 0.3 is 6.03 Å². The number of pyridine rings is 2. The minimum absolute atomic E-state index is 0.198. The summed E-state index contributed by atoms with van der Waals surface area (Å²) in [5, 5.41) is 5.79. The number of piperidine rings is 1. The fourth-order valence-electron chi connectivity index (χ4n) is 3.27. The highest BCUT2D eigenvalue weighted by Crippen LogP contribution is 2.30. The Morgan fingerprint density at radius 1 is 1.14 bits per heavy atom. The van der Waals surface area contributed by atoms with Crippen molar-refractivity contribution in [3.8, 4) is 0 Å². The number of carbonyl (C=O) groups is 1. The Kier molecular flexibility index (Phi) is 4.77. The Morgan fingerprint density at radius 3 is 2.59 bits per heavy atom. The number of alkyl halides is 2. The summed E-state index contributed by atoms with van der Waals surface area (Å²) >= 11 is 0. The zero-order valence-electron chi connectivity index (χ0n) is 15.6. The van der Waals surface area contributed by atoms with Crippen molar-refractivity contribution in [2.24, 2.45) is 0 Å². The number of halogens is 3. The van der Waals surface area contributed by atoms with E-state index in [1.54, 1.807) is 13.0 Å². The normalized spacial score (nSPS) is 16.1. The van der Waals surface area contributed by atoms with E-state index in [1.165, 1.54) is 18.5 Å². The summed E-state index contributed by atoms with van der Waals surface area (Å²) in [5.74, 6) is -2.53. The van der Waals surface area contributed by atoms with Crippen molar-refractivity contribution < 1.29 is 18.0 Å². The first-order valence-electron chi connectivity index (χ1n) is 9.11. The van der Waals surface area contributed by atoms with Crippen LogP contribution in [0.5, 0.6) is 0 Å². The Labute approximate surface area is 164 Å². The molecule has 3 aromatic heterocycles. The monoisotopic (exact) mass is 404 g/mol. The number of aromatic nitrogens is 3. The number of anilines is 3. The van der Waals surface area contributed by atoms with E-state index in [4.69, 9.17) is 0 Å². The molecule has 0 spiro atoms. The van der Waals surface area contributed by atoms with Gasteiger partial charge in [-0.1, -0.05) is 0 Å². The lowest BCUT2D eigenvalue weighted by Gasteiger charge is -2.32. The van der Waals surface area contributed by atoms with E-state index < -0.39 is 17.8 Å². The second kappa shape index (κ2) is 7.26. The molecule has 10 heteroatoms. The molecule has 3 aromatic rings. The SMILES string of the molecule is Cc1cc(N2CCC(F)(F)CC2)ncc1NC(=O)Nc1c[nH]c2ncc(F)cc12. The van der Waals surface area contributed by atoms with Crippen LogP contribution in [-0.4, -0.2) is 40.0 Å². The van der Waals surface area contributed by atoms with Gasteiger partial charge in [0, 0.05) is 37.5 Å². The summed E-state index contributed by atoms with van der Waals surface area (Å²) in [4.78, 5) is 25.2. The molecule has 0 bridgehead atoms. The molecular weight excluding hydrogens is 385 g/mol. The van der Waals surface area contributed by atoms with Crippen LogP contribution in [0, 0.1) is 12.7 Å². The number of amides is 2. The molecule has 7 nitrogen and oxygen atoms in total. The molecular formula is C19H19F3N6O. The van der Waals surface area contributed by atoms with Crippen LogP contribution in [0.15, 0.2) is 30.7 Å². The van der Waals surface area contributed by atoms with Gasteiger partial charge in [-0.25, -0.2) is 27.9 Å². The summed E-state index contributed by atoms with van der Waals surface area (Å²) in [7, 11) is 0. The molecule has 29 heavy (non-hydrogen) atoms. The first kappa shape index (κ1) is 19.0. The van der Waals surface area contributed by atoms with Gasteiger partial charge in [0.2, 0.25) is 0 Å². The van der Waals surface area contributed by atoms with Crippen LogP contribution in [0.25, 0.3) is 11.0 Å². The van der Waals surface area contributed by atoms with Gasteiger partial charge in [0.1, 0.15) is 17.3 Å². The van der Waals surface area contributed by atoms with Gasteiger partial charge < -0.3 is 20.5 Å². The molecule has 1 aliphatic rings. The molecule has 2 amide bonds. The Balaban J connectivity index is 1.44. The van der Waals surface area contributed by atoms with Gasteiger partial charge in [-0.05, 0) is 24.6 Å². The van der Waals surface area contributed by atoms with Crippen molar-refractivity contribution in [2.45, 2.75) is 25.7 Å². The van der Waals surface area contributed by atoms with E-state index in [0.717, 1.165) is 11.8 Å². The third-order valence-electron chi connectivity index (χ3n) is 4.91. The lowest BCUT2D eigenvalue weighted by atomic mass is 10.1. The van der Waals surface area contributed by atoms with Crippen molar-refractivity contribution in [3.05, 3.63) is 42.1 Å². The Bertz CT molecular complexity index is 1060. The first-order valence-corrected chi connectivity index (χ1v) is 9.11. The molecule has 3 N–H and O–H groups in total. The van der Waals surface area contributed by atoms with Gasteiger partial charge in [0.15, 0.2) is 0 Å². The number of urea groups is 1. The molecule has 152 valence electrons. The van der Waals surface area contributed by atoms with E-state index >= 15 is 0 Å². The minimum atomic E-state index is -2.62. The molecule has 1 fully saturated rings. The van der Waals surface area contributed by atoms with Crippen LogP contribution in [0.3, 0.4) is 0 Å². The molecule has 0 atom stereocenters. The maximum absolute atomic E-state index is 13.4. The summed E-state index contributed by atoms with van der Waals surface area (Å²) in [5.41, 5.74) is 2.07. The number of rotatable bonds is 3. The quantitative estimate of drug-likeness (QED) is 0.608. The standard InChI is InChI=1S/C19H19F3N6O/c1-11-6-16(28-4-2-19(21,22)3-5-28)23-9-14(11)26-18(29)27-15-10-25-17-13(15)7-12(20)8-24-17/h6-10H,2-5H2,1H3,(H,24,25)(H2,26,27,29). The van der Waals surface area contributed by atoms with E-state index in [-0.39, 0.29) is 25.9 Å². The average Bonchev–Trinajstić information content (AvgIpc) is 3.05. The number of carbonyl (C=O) groups excluding carboxylic acids is 1. The molecule has 0 radical (unpaired) electrons. The molecule has 1 saturated heterocycles. The molecule has 4 rings (SSSR count). The van der Waals surface area contributed by atoms with Crippen LogP contribution >= 0.6 is 0 Å². The van der Waals surface area contributed by atoms with Crippen molar-refractivity contribution in [2.75, 3.05) is 28.6 Å². The highest BCUT2D eigenvalue weighted by molar-refractivity contribution is 6.05. The Hall–Kier alpha value is -3.30. The van der Waals surface area contributed by atoms with Crippen molar-refractivity contribution in [3.63, 3.8) is 0 Å². The minimum Gasteiger partial charge on any atom is -0.356 e. The molecule has 0 unspecified atom stereocenters. The van der Waals surface area contributed by atoms with Crippen LogP contribution < -0.4 is 15.5 Å². The number of nitrogens with zero attached hydrogens (tertiary/aromatic N) is 3. The number of aromatic amines is 1. The van der Waals surface area contributed by atoms with E-state index in [2.05, 4.69) is 25.6 Å². The van der Waals surface area contributed by atoms with Crippen molar-refractivity contribution in [1.82, 2.24) is 15.0 Å². The van der Waals surface area contributed by atoms with E-state index in [9.17, 15) is 18.0 Å². The van der Waals surface area contributed by atoms with Crippen LogP contribution in [-0.2, 0) is 0 Å². The molecule has 0 aliphatic carbocycles. The fraction of sp³-hybridized carbons (Fsp3) is 0.316. The predicted molar refractivity (Wildman–Crippen MR) is 104 cm³/mol. The van der Waals surface area contributed by atoms with Crippen molar-refractivity contribution in [1.29, 1.82) is 0 Å². The Morgan fingerprint density at radius 2 is 1.86 bits per heavy atom. The number of fused-ring (bicyclic) bond motifs is 1. The van der Waals surface area contributed by atoms with Gasteiger partial charge in [-0.2, -0.15) is 0 Å².